The third kappa shape index (κ3) is 3.77. The summed E-state index contributed by atoms with van der Waals surface area (Å²) in [5.74, 6) is 0.622. The molecule has 1 amide bonds. The normalized spacial score (nSPS) is 19.5. The van der Waals surface area contributed by atoms with Crippen LogP contribution < -0.4 is 0 Å². The van der Waals surface area contributed by atoms with E-state index in [0.29, 0.717) is 22.3 Å². The average molecular weight is 321 g/mol. The molecule has 0 aliphatic carbocycles. The number of alkyl halides is 1. The first kappa shape index (κ1) is 15.0. The summed E-state index contributed by atoms with van der Waals surface area (Å²) in [4.78, 5) is 14.2. The summed E-state index contributed by atoms with van der Waals surface area (Å²) in [7, 11) is 0. The van der Waals surface area contributed by atoms with Crippen molar-refractivity contribution < 1.29 is 4.79 Å². The van der Waals surface area contributed by atoms with Crippen molar-refractivity contribution in [2.24, 2.45) is 0 Å². The van der Waals surface area contributed by atoms with E-state index in [1.165, 1.54) is 0 Å². The van der Waals surface area contributed by atoms with Gasteiger partial charge in [-0.3, -0.25) is 4.79 Å². The van der Waals surface area contributed by atoms with Crippen LogP contribution >= 0.6 is 34.8 Å². The molecule has 1 fully saturated rings. The predicted octanol–water partition coefficient (Wildman–Crippen LogP) is 4.16. The molecule has 1 aliphatic heterocycles. The van der Waals surface area contributed by atoms with Gasteiger partial charge in [-0.05, 0) is 37.0 Å². The fourth-order valence-electron chi connectivity index (χ4n) is 2.42. The number of amides is 1. The fraction of sp³-hybridized carbons (Fsp3) is 0.500. The fourth-order valence-corrected chi connectivity index (χ4v) is 3.06. The van der Waals surface area contributed by atoms with E-state index in [-0.39, 0.29) is 11.9 Å². The second kappa shape index (κ2) is 6.83. The third-order valence-corrected chi connectivity index (χ3v) is 4.56. The summed E-state index contributed by atoms with van der Waals surface area (Å²) in [6.07, 6.45) is 3.55. The van der Waals surface area contributed by atoms with Gasteiger partial charge in [-0.15, -0.1) is 11.6 Å². The van der Waals surface area contributed by atoms with Gasteiger partial charge in [0.1, 0.15) is 0 Å². The number of rotatable bonds is 3. The van der Waals surface area contributed by atoms with Crippen molar-refractivity contribution in [2.75, 3.05) is 12.4 Å². The molecule has 1 unspecified atom stereocenters. The highest BCUT2D eigenvalue weighted by atomic mass is 35.5. The van der Waals surface area contributed by atoms with E-state index in [4.69, 9.17) is 34.8 Å². The molecule has 1 aromatic carbocycles. The largest absolute Gasteiger partial charge is 0.338 e. The molecule has 0 bridgehead atoms. The maximum atomic E-state index is 12.3. The molecule has 0 aromatic heterocycles. The maximum absolute atomic E-state index is 12.3. The Morgan fingerprint density at radius 2 is 2.05 bits per heavy atom. The Bertz CT molecular complexity index is 464. The minimum atomic E-state index is 0.115. The molecule has 0 saturated carbocycles. The van der Waals surface area contributed by atoms with Crippen LogP contribution in [-0.4, -0.2) is 29.3 Å². The molecule has 19 heavy (non-hydrogen) atoms. The zero-order valence-electron chi connectivity index (χ0n) is 10.5. The average Bonchev–Trinajstić information content (AvgIpc) is 2.43. The molecule has 2 rings (SSSR count). The first-order valence-electron chi connectivity index (χ1n) is 6.41. The van der Waals surface area contributed by atoms with E-state index < -0.39 is 0 Å². The number of hydrogen-bond acceptors (Lipinski definition) is 1. The van der Waals surface area contributed by atoms with Gasteiger partial charge >= 0.3 is 0 Å². The van der Waals surface area contributed by atoms with Crippen molar-refractivity contribution in [3.8, 4) is 0 Å². The number of piperidine rings is 1. The van der Waals surface area contributed by atoms with Crippen LogP contribution in [0.25, 0.3) is 0 Å². The van der Waals surface area contributed by atoms with Gasteiger partial charge in [-0.1, -0.05) is 29.3 Å². The lowest BCUT2D eigenvalue weighted by atomic mass is 10.0. The minimum Gasteiger partial charge on any atom is -0.338 e. The molecule has 5 heteroatoms. The molecule has 1 atom stereocenters. The second-order valence-electron chi connectivity index (χ2n) is 4.82. The van der Waals surface area contributed by atoms with E-state index in [9.17, 15) is 4.79 Å². The van der Waals surface area contributed by atoms with Crippen molar-refractivity contribution in [3.63, 3.8) is 0 Å². The Morgan fingerprint density at radius 3 is 2.74 bits per heavy atom. The van der Waals surface area contributed by atoms with Gasteiger partial charge < -0.3 is 4.90 Å². The highest BCUT2D eigenvalue weighted by Gasteiger charge is 2.25. The van der Waals surface area contributed by atoms with Crippen molar-refractivity contribution in [3.05, 3.63) is 33.8 Å². The molecular formula is C14H16Cl3NO. The van der Waals surface area contributed by atoms with E-state index in [2.05, 4.69) is 0 Å². The van der Waals surface area contributed by atoms with E-state index in [0.717, 1.165) is 31.4 Å². The summed E-state index contributed by atoms with van der Waals surface area (Å²) in [5, 5.41) is 0.994. The predicted molar refractivity (Wildman–Crippen MR) is 80.2 cm³/mol. The zero-order valence-corrected chi connectivity index (χ0v) is 12.8. The highest BCUT2D eigenvalue weighted by molar-refractivity contribution is 6.42. The lowest BCUT2D eigenvalue weighted by Crippen LogP contribution is -2.45. The van der Waals surface area contributed by atoms with Gasteiger partial charge in [0, 0.05) is 18.5 Å². The minimum absolute atomic E-state index is 0.115. The van der Waals surface area contributed by atoms with Gasteiger partial charge in [0.2, 0.25) is 5.91 Å². The van der Waals surface area contributed by atoms with Crippen LogP contribution in [0.3, 0.4) is 0 Å². The van der Waals surface area contributed by atoms with Crippen LogP contribution in [0.1, 0.15) is 24.8 Å². The number of benzene rings is 1. The zero-order chi connectivity index (χ0) is 13.8. The van der Waals surface area contributed by atoms with Gasteiger partial charge in [-0.25, -0.2) is 0 Å². The molecule has 2 nitrogen and oxygen atoms in total. The molecule has 1 saturated heterocycles. The first-order valence-corrected chi connectivity index (χ1v) is 7.70. The highest BCUT2D eigenvalue weighted by Crippen LogP contribution is 2.24. The summed E-state index contributed by atoms with van der Waals surface area (Å²) >= 11 is 17.8. The van der Waals surface area contributed by atoms with Gasteiger partial charge in [-0.2, -0.15) is 0 Å². The number of likely N-dealkylation sites (tertiary alicyclic amines) is 1. The van der Waals surface area contributed by atoms with E-state index in [1.54, 1.807) is 12.1 Å². The number of hydrogen-bond donors (Lipinski definition) is 0. The molecule has 1 heterocycles. The van der Waals surface area contributed by atoms with Crippen LogP contribution in [0.2, 0.25) is 10.0 Å². The van der Waals surface area contributed by atoms with Crippen LogP contribution in [0.4, 0.5) is 0 Å². The lowest BCUT2D eigenvalue weighted by Gasteiger charge is -2.34. The molecule has 1 aliphatic rings. The van der Waals surface area contributed by atoms with Crippen molar-refractivity contribution in [1.82, 2.24) is 4.90 Å². The van der Waals surface area contributed by atoms with Crippen LogP contribution in [0, 0.1) is 0 Å². The molecular weight excluding hydrogens is 305 g/mol. The second-order valence-corrected chi connectivity index (χ2v) is 5.94. The molecule has 0 radical (unpaired) electrons. The van der Waals surface area contributed by atoms with E-state index >= 15 is 0 Å². The third-order valence-electron chi connectivity index (χ3n) is 3.46. The lowest BCUT2D eigenvalue weighted by molar-refractivity contribution is -0.133. The van der Waals surface area contributed by atoms with Gasteiger partial charge in [0.05, 0.1) is 16.5 Å². The molecule has 1 aromatic rings. The maximum Gasteiger partial charge on any atom is 0.227 e. The Kier molecular flexibility index (Phi) is 5.37. The van der Waals surface area contributed by atoms with Gasteiger partial charge in [0.15, 0.2) is 0 Å². The summed E-state index contributed by atoms with van der Waals surface area (Å²) in [6.45, 7) is 0.803. The van der Waals surface area contributed by atoms with Crippen LogP contribution in [-0.2, 0) is 11.2 Å². The number of carbonyl (C=O) groups is 1. The number of halogens is 3. The summed E-state index contributed by atoms with van der Waals surface area (Å²) in [6, 6.07) is 5.49. The Hall–Kier alpha value is -0.440. The monoisotopic (exact) mass is 319 g/mol. The molecule has 104 valence electrons. The molecule has 0 N–H and O–H groups in total. The summed E-state index contributed by atoms with van der Waals surface area (Å²) < 4.78 is 0. The quantitative estimate of drug-likeness (QED) is 0.766. The van der Waals surface area contributed by atoms with Crippen molar-refractivity contribution in [2.45, 2.75) is 31.7 Å². The van der Waals surface area contributed by atoms with E-state index in [1.807, 2.05) is 11.0 Å². The Labute approximate surface area is 128 Å². The van der Waals surface area contributed by atoms with Crippen LogP contribution in [0.5, 0.6) is 0 Å². The standard InChI is InChI=1S/C14H16Cl3NO/c15-9-11-3-1-2-6-18(11)14(19)8-10-4-5-12(16)13(17)7-10/h4-5,7,11H,1-3,6,8-9H2. The molecule has 0 spiro atoms. The van der Waals surface area contributed by atoms with Crippen molar-refractivity contribution in [1.29, 1.82) is 0 Å². The summed E-state index contributed by atoms with van der Waals surface area (Å²) in [5.41, 5.74) is 0.887. The topological polar surface area (TPSA) is 20.3 Å². The van der Waals surface area contributed by atoms with Crippen molar-refractivity contribution >= 4 is 40.7 Å². The smallest absolute Gasteiger partial charge is 0.227 e. The Morgan fingerprint density at radius 1 is 1.26 bits per heavy atom. The first-order chi connectivity index (χ1) is 9.11. The Balaban J connectivity index is 2.05. The SMILES string of the molecule is O=C(Cc1ccc(Cl)c(Cl)c1)N1CCCCC1CCl. The number of nitrogens with zero attached hydrogens (tertiary/aromatic N) is 1. The number of carbonyl (C=O) groups excluding carboxylic acids is 1. The van der Waals surface area contributed by atoms with Crippen LogP contribution in [0.15, 0.2) is 18.2 Å². The van der Waals surface area contributed by atoms with Gasteiger partial charge in [0.25, 0.3) is 0 Å².